The van der Waals surface area contributed by atoms with Crippen molar-refractivity contribution in [1.82, 2.24) is 14.9 Å². The normalized spacial score (nSPS) is 25.6. The summed E-state index contributed by atoms with van der Waals surface area (Å²) in [6.07, 6.45) is 5.61. The third-order valence-electron chi connectivity index (χ3n) is 8.90. The maximum absolute atomic E-state index is 12.9. The SMILES string of the molecule is CC1(C)OB(c2ccc3cc(-c4cnc([C@@H]5[C@H]6CC[C@H](C6)N5C(=O)CCC#N)[nH]4)ccc3c2)OC1(C)C. The molecule has 1 amide bonds. The molecular weight excluding hydrogens is 463 g/mol. The van der Waals surface area contributed by atoms with E-state index in [2.05, 4.69) is 75.1 Å². The Kier molecular flexibility index (Phi) is 5.70. The van der Waals surface area contributed by atoms with E-state index in [-0.39, 0.29) is 49.2 Å². The van der Waals surface area contributed by atoms with Crippen LogP contribution >= 0.6 is 0 Å². The molecule has 2 bridgehead atoms. The van der Waals surface area contributed by atoms with Crippen LogP contribution in [0.1, 0.15) is 71.7 Å². The smallest absolute Gasteiger partial charge is 0.399 e. The number of nitriles is 1. The number of rotatable bonds is 5. The van der Waals surface area contributed by atoms with Crippen LogP contribution in [-0.4, -0.2) is 45.1 Å². The number of benzene rings is 2. The van der Waals surface area contributed by atoms with Gasteiger partial charge in [0.05, 0.1) is 35.2 Å². The molecule has 0 unspecified atom stereocenters. The summed E-state index contributed by atoms with van der Waals surface area (Å²) in [5, 5.41) is 11.2. The van der Waals surface area contributed by atoms with Gasteiger partial charge in [-0.25, -0.2) is 4.98 Å². The van der Waals surface area contributed by atoms with Gasteiger partial charge in [-0.2, -0.15) is 5.26 Å². The molecule has 2 aromatic carbocycles. The summed E-state index contributed by atoms with van der Waals surface area (Å²) in [6, 6.07) is 15.1. The third kappa shape index (κ3) is 4.05. The number of carbonyl (C=O) groups excluding carboxylic acids is 1. The second-order valence-corrected chi connectivity index (χ2v) is 11.7. The van der Waals surface area contributed by atoms with E-state index in [1.165, 1.54) is 0 Å². The molecular formula is C29H33BN4O3. The highest BCUT2D eigenvalue weighted by atomic mass is 16.7. The van der Waals surface area contributed by atoms with E-state index in [1.54, 1.807) is 0 Å². The number of hydrogen-bond acceptors (Lipinski definition) is 5. The molecule has 2 saturated heterocycles. The highest BCUT2D eigenvalue weighted by Gasteiger charge is 2.52. The third-order valence-corrected chi connectivity index (χ3v) is 8.90. The van der Waals surface area contributed by atoms with E-state index in [4.69, 9.17) is 19.6 Å². The number of likely N-dealkylation sites (tertiary alicyclic amines) is 1. The van der Waals surface area contributed by atoms with Crippen LogP contribution in [0.15, 0.2) is 42.6 Å². The molecule has 3 aromatic rings. The minimum Gasteiger partial charge on any atom is -0.399 e. The molecule has 3 aliphatic rings. The predicted octanol–water partition coefficient (Wildman–Crippen LogP) is 4.88. The first-order chi connectivity index (χ1) is 17.7. The quantitative estimate of drug-likeness (QED) is 0.509. The standard InChI is InChI=1S/C29H33BN4O3/c1-28(2)29(3,4)37-30(36-28)22-11-9-18-14-20(8-7-19(18)15-22)24-17-32-27(33-24)26-21-10-12-23(16-21)34(26)25(35)6-5-13-31/h7-9,11,14-15,17,21,23,26H,5-6,10,12,16H2,1-4H3,(H,32,33)/t21-,23+,26-/m0/s1. The maximum atomic E-state index is 12.9. The monoisotopic (exact) mass is 496 g/mol. The number of piperidine rings is 1. The Morgan fingerprint density at radius 3 is 2.62 bits per heavy atom. The maximum Gasteiger partial charge on any atom is 0.494 e. The van der Waals surface area contributed by atoms with E-state index >= 15 is 0 Å². The van der Waals surface area contributed by atoms with Gasteiger partial charge in [-0.3, -0.25) is 4.79 Å². The number of nitrogens with one attached hydrogen (secondary N) is 1. The second-order valence-electron chi connectivity index (χ2n) is 11.7. The topological polar surface area (TPSA) is 91.2 Å². The van der Waals surface area contributed by atoms with Crippen molar-refractivity contribution in [2.75, 3.05) is 0 Å². The Morgan fingerprint density at radius 1 is 1.14 bits per heavy atom. The summed E-state index contributed by atoms with van der Waals surface area (Å²) in [5.74, 6) is 1.35. The summed E-state index contributed by atoms with van der Waals surface area (Å²) < 4.78 is 12.5. The Hall–Kier alpha value is -3.15. The molecule has 3 atom stereocenters. The molecule has 1 aliphatic carbocycles. The molecule has 0 radical (unpaired) electrons. The van der Waals surface area contributed by atoms with Crippen LogP contribution in [-0.2, 0) is 14.1 Å². The Morgan fingerprint density at radius 2 is 1.86 bits per heavy atom. The Bertz CT molecular complexity index is 1390. The molecule has 3 heterocycles. The molecule has 3 fully saturated rings. The summed E-state index contributed by atoms with van der Waals surface area (Å²) in [6.45, 7) is 8.27. The fourth-order valence-corrected chi connectivity index (χ4v) is 6.18. The summed E-state index contributed by atoms with van der Waals surface area (Å²) >= 11 is 0. The van der Waals surface area contributed by atoms with Crippen molar-refractivity contribution < 1.29 is 14.1 Å². The van der Waals surface area contributed by atoms with Gasteiger partial charge in [0, 0.05) is 24.4 Å². The average molecular weight is 496 g/mol. The van der Waals surface area contributed by atoms with Gasteiger partial charge < -0.3 is 19.2 Å². The van der Waals surface area contributed by atoms with Gasteiger partial charge in [0.2, 0.25) is 5.91 Å². The van der Waals surface area contributed by atoms with Gasteiger partial charge in [-0.05, 0) is 75.2 Å². The number of nitrogens with zero attached hydrogens (tertiary/aromatic N) is 3. The molecule has 0 spiro atoms. The molecule has 37 heavy (non-hydrogen) atoms. The fourth-order valence-electron chi connectivity index (χ4n) is 6.18. The lowest BCUT2D eigenvalue weighted by atomic mass is 9.78. The summed E-state index contributed by atoms with van der Waals surface area (Å²) in [7, 11) is -0.384. The van der Waals surface area contributed by atoms with Crippen molar-refractivity contribution in [2.45, 2.75) is 83.1 Å². The molecule has 190 valence electrons. The van der Waals surface area contributed by atoms with Gasteiger partial charge in [0.25, 0.3) is 0 Å². The first kappa shape index (κ1) is 24.2. The zero-order valence-electron chi connectivity index (χ0n) is 22.0. The molecule has 2 aliphatic heterocycles. The number of aromatic amines is 1. The number of amides is 1. The molecule has 1 saturated carbocycles. The zero-order valence-corrected chi connectivity index (χ0v) is 22.0. The van der Waals surface area contributed by atoms with Gasteiger partial charge >= 0.3 is 7.12 Å². The zero-order chi connectivity index (χ0) is 25.9. The van der Waals surface area contributed by atoms with E-state index in [0.29, 0.717) is 5.92 Å². The number of hydrogen-bond donors (Lipinski definition) is 1. The van der Waals surface area contributed by atoms with E-state index in [0.717, 1.165) is 52.6 Å². The number of carbonyl (C=O) groups is 1. The Labute approximate surface area is 218 Å². The van der Waals surface area contributed by atoms with Crippen molar-refractivity contribution in [2.24, 2.45) is 5.92 Å². The van der Waals surface area contributed by atoms with Gasteiger partial charge in [-0.1, -0.05) is 30.3 Å². The number of imidazole rings is 1. The van der Waals surface area contributed by atoms with Gasteiger partial charge in [-0.15, -0.1) is 0 Å². The number of fused-ring (bicyclic) bond motifs is 3. The number of aromatic nitrogens is 2. The minimum absolute atomic E-state index is 0.0263. The second kappa shape index (κ2) is 8.71. The number of H-pyrrole nitrogens is 1. The molecule has 6 rings (SSSR count). The van der Waals surface area contributed by atoms with Crippen LogP contribution in [0.3, 0.4) is 0 Å². The van der Waals surface area contributed by atoms with Gasteiger partial charge in [0.1, 0.15) is 5.82 Å². The van der Waals surface area contributed by atoms with Crippen LogP contribution in [0, 0.1) is 17.2 Å². The minimum atomic E-state index is -0.384. The van der Waals surface area contributed by atoms with Crippen molar-refractivity contribution >= 4 is 29.3 Å². The average Bonchev–Trinajstić information content (AvgIpc) is 3.65. The highest BCUT2D eigenvalue weighted by Crippen LogP contribution is 2.50. The summed E-state index contributed by atoms with van der Waals surface area (Å²) in [5.41, 5.74) is 2.27. The lowest BCUT2D eigenvalue weighted by Gasteiger charge is -2.34. The Balaban J connectivity index is 1.24. The van der Waals surface area contributed by atoms with E-state index in [9.17, 15) is 4.79 Å². The molecule has 1 aromatic heterocycles. The predicted molar refractivity (Wildman–Crippen MR) is 143 cm³/mol. The van der Waals surface area contributed by atoms with Crippen molar-refractivity contribution in [3.05, 3.63) is 48.4 Å². The van der Waals surface area contributed by atoms with E-state index < -0.39 is 0 Å². The fraction of sp³-hybridized carbons (Fsp3) is 0.483. The summed E-state index contributed by atoms with van der Waals surface area (Å²) in [4.78, 5) is 23.2. The van der Waals surface area contributed by atoms with Crippen LogP contribution in [0.2, 0.25) is 0 Å². The van der Waals surface area contributed by atoms with Crippen LogP contribution in [0.25, 0.3) is 22.0 Å². The van der Waals surface area contributed by atoms with Crippen LogP contribution in [0.5, 0.6) is 0 Å². The van der Waals surface area contributed by atoms with Crippen molar-refractivity contribution in [3.63, 3.8) is 0 Å². The van der Waals surface area contributed by atoms with Crippen molar-refractivity contribution in [1.29, 1.82) is 5.26 Å². The van der Waals surface area contributed by atoms with Crippen molar-refractivity contribution in [3.8, 4) is 17.3 Å². The molecule has 8 heteroatoms. The van der Waals surface area contributed by atoms with Crippen LogP contribution in [0.4, 0.5) is 0 Å². The highest BCUT2D eigenvalue weighted by molar-refractivity contribution is 6.62. The van der Waals surface area contributed by atoms with Crippen LogP contribution < -0.4 is 5.46 Å². The first-order valence-electron chi connectivity index (χ1n) is 13.3. The largest absolute Gasteiger partial charge is 0.494 e. The van der Waals surface area contributed by atoms with Gasteiger partial charge in [0.15, 0.2) is 0 Å². The lowest BCUT2D eigenvalue weighted by molar-refractivity contribution is -0.135. The first-order valence-corrected chi connectivity index (χ1v) is 13.3. The van der Waals surface area contributed by atoms with E-state index in [1.807, 2.05) is 11.1 Å². The lowest BCUT2D eigenvalue weighted by Crippen LogP contribution is -2.41. The molecule has 7 nitrogen and oxygen atoms in total. The molecule has 1 N–H and O–H groups in total.